The normalized spacial score (nSPS) is 20.4. The summed E-state index contributed by atoms with van der Waals surface area (Å²) in [6.45, 7) is 5.60. The molecule has 1 N–H and O–H groups in total. The summed E-state index contributed by atoms with van der Waals surface area (Å²) in [7, 11) is 0. The van der Waals surface area contributed by atoms with Gasteiger partial charge in [0.05, 0.1) is 18.1 Å². The second-order valence-corrected chi connectivity index (χ2v) is 7.49. The van der Waals surface area contributed by atoms with E-state index in [4.69, 9.17) is 4.74 Å². The summed E-state index contributed by atoms with van der Waals surface area (Å²) in [6.07, 6.45) is 3.94. The number of ether oxygens (including phenoxy) is 1. The summed E-state index contributed by atoms with van der Waals surface area (Å²) in [5.41, 5.74) is 1.11. The zero-order chi connectivity index (χ0) is 20.1. The van der Waals surface area contributed by atoms with Gasteiger partial charge in [-0.1, -0.05) is 12.1 Å². The second kappa shape index (κ2) is 9.15. The topological polar surface area (TPSA) is 96.7 Å². The molecular formula is C20H26N6O3. The van der Waals surface area contributed by atoms with Gasteiger partial charge in [-0.3, -0.25) is 15.0 Å². The summed E-state index contributed by atoms with van der Waals surface area (Å²) in [4.78, 5) is 24.2. The van der Waals surface area contributed by atoms with E-state index in [0.29, 0.717) is 19.8 Å². The fraction of sp³-hybridized carbons (Fsp3) is 0.500. The first-order valence-electron chi connectivity index (χ1n) is 10.1. The van der Waals surface area contributed by atoms with Crippen LogP contribution in [0.2, 0.25) is 0 Å². The number of non-ortho nitro benzene ring substituents is 1. The average molecular weight is 398 g/mol. The van der Waals surface area contributed by atoms with Gasteiger partial charge in [0.2, 0.25) is 5.95 Å². The van der Waals surface area contributed by atoms with E-state index in [2.05, 4.69) is 25.1 Å². The number of likely N-dealkylation sites (tertiary alicyclic amines) is 1. The molecule has 9 nitrogen and oxygen atoms in total. The van der Waals surface area contributed by atoms with E-state index in [-0.39, 0.29) is 16.7 Å². The predicted molar refractivity (Wildman–Crippen MR) is 110 cm³/mol. The molecule has 1 aromatic heterocycles. The van der Waals surface area contributed by atoms with Gasteiger partial charge in [0.15, 0.2) is 0 Å². The molecule has 2 saturated heterocycles. The maximum absolute atomic E-state index is 11.0. The van der Waals surface area contributed by atoms with Crippen molar-refractivity contribution in [1.29, 1.82) is 0 Å². The van der Waals surface area contributed by atoms with Crippen LogP contribution in [0.15, 0.2) is 36.5 Å². The van der Waals surface area contributed by atoms with Crippen LogP contribution in [0.1, 0.15) is 18.4 Å². The van der Waals surface area contributed by atoms with E-state index < -0.39 is 0 Å². The van der Waals surface area contributed by atoms with Crippen LogP contribution in [0.3, 0.4) is 0 Å². The molecule has 9 heteroatoms. The molecule has 4 rings (SSSR count). The van der Waals surface area contributed by atoms with Crippen LogP contribution in [0.25, 0.3) is 0 Å². The van der Waals surface area contributed by atoms with Gasteiger partial charge >= 0.3 is 0 Å². The monoisotopic (exact) mass is 398 g/mol. The largest absolute Gasteiger partial charge is 0.378 e. The van der Waals surface area contributed by atoms with E-state index in [1.54, 1.807) is 18.3 Å². The number of morpholine rings is 1. The molecule has 0 saturated carbocycles. The van der Waals surface area contributed by atoms with Crippen molar-refractivity contribution in [2.24, 2.45) is 0 Å². The van der Waals surface area contributed by atoms with Crippen LogP contribution in [0.5, 0.6) is 0 Å². The van der Waals surface area contributed by atoms with Crippen molar-refractivity contribution < 1.29 is 9.66 Å². The minimum Gasteiger partial charge on any atom is -0.378 e. The molecule has 0 amide bonds. The van der Waals surface area contributed by atoms with E-state index in [9.17, 15) is 10.1 Å². The minimum absolute atomic E-state index is 0.144. The highest BCUT2D eigenvalue weighted by atomic mass is 16.6. The van der Waals surface area contributed by atoms with Crippen molar-refractivity contribution in [3.63, 3.8) is 0 Å². The maximum atomic E-state index is 11.0. The van der Waals surface area contributed by atoms with Crippen LogP contribution in [0, 0.1) is 10.1 Å². The number of hydrogen-bond donors (Lipinski definition) is 1. The number of nitro benzene ring substituents is 1. The van der Waals surface area contributed by atoms with Crippen molar-refractivity contribution in [1.82, 2.24) is 14.9 Å². The van der Waals surface area contributed by atoms with Crippen molar-refractivity contribution in [3.05, 3.63) is 52.2 Å². The Morgan fingerprint density at radius 3 is 2.93 bits per heavy atom. The summed E-state index contributed by atoms with van der Waals surface area (Å²) >= 11 is 0. The Labute approximate surface area is 169 Å². The van der Waals surface area contributed by atoms with Crippen LogP contribution in [-0.4, -0.2) is 65.2 Å². The zero-order valence-corrected chi connectivity index (χ0v) is 16.4. The lowest BCUT2D eigenvalue weighted by atomic mass is 10.0. The van der Waals surface area contributed by atoms with Crippen molar-refractivity contribution in [2.45, 2.75) is 25.4 Å². The quantitative estimate of drug-likeness (QED) is 0.585. The third-order valence-electron chi connectivity index (χ3n) is 5.32. The van der Waals surface area contributed by atoms with Gasteiger partial charge in [-0.2, -0.15) is 4.98 Å². The molecule has 0 radical (unpaired) electrons. The zero-order valence-electron chi connectivity index (χ0n) is 16.4. The lowest BCUT2D eigenvalue weighted by Gasteiger charge is -2.33. The molecule has 1 unspecified atom stereocenters. The second-order valence-electron chi connectivity index (χ2n) is 7.49. The van der Waals surface area contributed by atoms with Gasteiger partial charge in [-0.15, -0.1) is 0 Å². The third-order valence-corrected chi connectivity index (χ3v) is 5.32. The Bertz CT molecular complexity index is 842. The summed E-state index contributed by atoms with van der Waals surface area (Å²) in [6, 6.07) is 9.09. The number of anilines is 2. The Morgan fingerprint density at radius 2 is 2.10 bits per heavy atom. The maximum Gasteiger partial charge on any atom is 0.269 e. The van der Waals surface area contributed by atoms with Crippen molar-refractivity contribution in [2.75, 3.05) is 49.6 Å². The number of piperidine rings is 1. The Morgan fingerprint density at radius 1 is 1.24 bits per heavy atom. The smallest absolute Gasteiger partial charge is 0.269 e. The summed E-state index contributed by atoms with van der Waals surface area (Å²) < 4.78 is 5.40. The number of aromatic nitrogens is 2. The Kier molecular flexibility index (Phi) is 6.16. The highest BCUT2D eigenvalue weighted by Gasteiger charge is 2.21. The van der Waals surface area contributed by atoms with Crippen LogP contribution in [0.4, 0.5) is 17.5 Å². The van der Waals surface area contributed by atoms with E-state index in [0.717, 1.165) is 56.4 Å². The lowest BCUT2D eigenvalue weighted by Crippen LogP contribution is -2.42. The highest BCUT2D eigenvalue weighted by Crippen LogP contribution is 2.20. The molecule has 0 aliphatic carbocycles. The summed E-state index contributed by atoms with van der Waals surface area (Å²) in [5, 5.41) is 14.5. The Balaban J connectivity index is 1.36. The molecular weight excluding hydrogens is 372 g/mol. The third kappa shape index (κ3) is 5.18. The number of nitrogens with zero attached hydrogens (tertiary/aromatic N) is 5. The Hall–Kier alpha value is -2.78. The van der Waals surface area contributed by atoms with E-state index >= 15 is 0 Å². The average Bonchev–Trinajstić information content (AvgIpc) is 2.75. The standard InChI is InChI=1S/C20H26N6O3/c27-26(28)18-5-1-3-16(13-18)14-24-8-2-4-17(15-24)22-19-6-7-21-20(23-19)25-9-11-29-12-10-25/h1,3,5-7,13,17H,2,4,8-12,14-15H2,(H,21,22,23). The highest BCUT2D eigenvalue weighted by molar-refractivity contribution is 5.42. The first-order chi connectivity index (χ1) is 14.2. The van der Waals surface area contributed by atoms with Gasteiger partial charge in [-0.05, 0) is 31.0 Å². The molecule has 154 valence electrons. The van der Waals surface area contributed by atoms with Crippen LogP contribution < -0.4 is 10.2 Å². The van der Waals surface area contributed by atoms with Crippen LogP contribution in [-0.2, 0) is 11.3 Å². The predicted octanol–water partition coefficient (Wildman–Crippen LogP) is 2.30. The lowest BCUT2D eigenvalue weighted by molar-refractivity contribution is -0.384. The summed E-state index contributed by atoms with van der Waals surface area (Å²) in [5.74, 6) is 1.58. The van der Waals surface area contributed by atoms with Crippen LogP contribution >= 0.6 is 0 Å². The molecule has 2 fully saturated rings. The molecule has 0 bridgehead atoms. The van der Waals surface area contributed by atoms with Gasteiger partial charge in [-0.25, -0.2) is 4.98 Å². The van der Waals surface area contributed by atoms with E-state index in [1.807, 2.05) is 12.1 Å². The molecule has 3 heterocycles. The first-order valence-corrected chi connectivity index (χ1v) is 10.1. The van der Waals surface area contributed by atoms with Gasteiger partial charge < -0.3 is 15.0 Å². The molecule has 0 spiro atoms. The molecule has 1 atom stereocenters. The number of hydrogen-bond acceptors (Lipinski definition) is 8. The molecule has 2 aromatic rings. The van der Waals surface area contributed by atoms with Gasteiger partial charge in [0, 0.05) is 50.6 Å². The number of nitrogens with one attached hydrogen (secondary N) is 1. The molecule has 2 aliphatic heterocycles. The number of benzene rings is 1. The van der Waals surface area contributed by atoms with Gasteiger partial charge in [0.1, 0.15) is 5.82 Å². The first kappa shape index (κ1) is 19.5. The fourth-order valence-corrected chi connectivity index (χ4v) is 3.90. The fourth-order valence-electron chi connectivity index (χ4n) is 3.90. The molecule has 2 aliphatic rings. The van der Waals surface area contributed by atoms with Crippen molar-refractivity contribution >= 4 is 17.5 Å². The molecule has 1 aromatic carbocycles. The van der Waals surface area contributed by atoms with E-state index in [1.165, 1.54) is 6.07 Å². The van der Waals surface area contributed by atoms with Gasteiger partial charge in [0.25, 0.3) is 5.69 Å². The number of nitro groups is 1. The SMILES string of the molecule is O=[N+]([O-])c1cccc(CN2CCCC(Nc3ccnc(N4CCOCC4)n3)C2)c1. The minimum atomic E-state index is -0.342. The molecule has 29 heavy (non-hydrogen) atoms. The van der Waals surface area contributed by atoms with Crippen molar-refractivity contribution in [3.8, 4) is 0 Å². The number of rotatable bonds is 6.